The zero-order valence-electron chi connectivity index (χ0n) is 7.72. The van der Waals surface area contributed by atoms with Crippen LogP contribution < -0.4 is 11.1 Å². The first kappa shape index (κ1) is 10.9. The summed E-state index contributed by atoms with van der Waals surface area (Å²) >= 11 is 0. The van der Waals surface area contributed by atoms with Gasteiger partial charge in [0.1, 0.15) is 0 Å². The quantitative estimate of drug-likeness (QED) is 0.505. The van der Waals surface area contributed by atoms with Gasteiger partial charge in [0.05, 0.1) is 6.10 Å². The minimum atomic E-state index is -0.297. The fraction of sp³-hybridized carbons (Fsp3) is 1.00. The van der Waals surface area contributed by atoms with Crippen LogP contribution in [0.5, 0.6) is 0 Å². The Kier molecular flexibility index (Phi) is 4.65. The van der Waals surface area contributed by atoms with Crippen molar-refractivity contribution in [1.82, 2.24) is 5.32 Å². The molecule has 0 aromatic rings. The maximum atomic E-state index is 9.51. The first-order valence-corrected chi connectivity index (χ1v) is 4.07. The number of nitrogens with one attached hydrogen (secondary N) is 1. The van der Waals surface area contributed by atoms with Crippen LogP contribution in [-0.2, 0) is 0 Å². The third kappa shape index (κ3) is 5.18. The van der Waals surface area contributed by atoms with Gasteiger partial charge in [-0.1, -0.05) is 20.8 Å². The molecule has 1 unspecified atom stereocenters. The second kappa shape index (κ2) is 4.70. The number of hydrogen-bond donors (Lipinski definition) is 3. The maximum Gasteiger partial charge on any atom is 0.0712 e. The Hall–Kier alpha value is -0.120. The van der Waals surface area contributed by atoms with Crippen molar-refractivity contribution in [2.24, 2.45) is 11.1 Å². The number of hydrogen-bond acceptors (Lipinski definition) is 3. The molecule has 0 amide bonds. The van der Waals surface area contributed by atoms with E-state index in [0.717, 1.165) is 6.54 Å². The fourth-order valence-electron chi connectivity index (χ4n) is 0.647. The molecule has 0 rings (SSSR count). The van der Waals surface area contributed by atoms with Gasteiger partial charge in [0.25, 0.3) is 0 Å². The molecule has 3 nitrogen and oxygen atoms in total. The van der Waals surface area contributed by atoms with Crippen molar-refractivity contribution in [2.75, 3.05) is 19.6 Å². The van der Waals surface area contributed by atoms with Crippen LogP contribution >= 0.6 is 0 Å². The van der Waals surface area contributed by atoms with E-state index >= 15 is 0 Å². The summed E-state index contributed by atoms with van der Waals surface area (Å²) in [6, 6.07) is 0. The molecule has 0 bridgehead atoms. The molecule has 0 saturated carbocycles. The normalized spacial score (nSPS) is 15.0. The van der Waals surface area contributed by atoms with Gasteiger partial charge in [-0.2, -0.15) is 0 Å². The van der Waals surface area contributed by atoms with E-state index in [-0.39, 0.29) is 11.5 Å². The van der Waals surface area contributed by atoms with Gasteiger partial charge in [0.2, 0.25) is 0 Å². The standard InChI is InChI=1S/C8H20N2O/c1-8(2,3)7(11)6-10-5-4-9/h7,10-11H,4-6,9H2,1-3H3. The first-order valence-electron chi connectivity index (χ1n) is 4.07. The zero-order chi connectivity index (χ0) is 8.91. The van der Waals surface area contributed by atoms with Crippen molar-refractivity contribution in [3.05, 3.63) is 0 Å². The molecule has 0 saturated heterocycles. The largest absolute Gasteiger partial charge is 0.391 e. The van der Waals surface area contributed by atoms with Crippen molar-refractivity contribution in [3.63, 3.8) is 0 Å². The maximum absolute atomic E-state index is 9.51. The van der Waals surface area contributed by atoms with Crippen LogP contribution in [-0.4, -0.2) is 30.8 Å². The summed E-state index contributed by atoms with van der Waals surface area (Å²) in [5.74, 6) is 0. The molecule has 4 N–H and O–H groups in total. The van der Waals surface area contributed by atoms with Gasteiger partial charge < -0.3 is 16.2 Å². The molecule has 0 aromatic heterocycles. The third-order valence-electron chi connectivity index (χ3n) is 1.66. The van der Waals surface area contributed by atoms with Crippen molar-refractivity contribution >= 4 is 0 Å². The molecular weight excluding hydrogens is 140 g/mol. The summed E-state index contributed by atoms with van der Waals surface area (Å²) in [5, 5.41) is 12.6. The third-order valence-corrected chi connectivity index (χ3v) is 1.66. The average Bonchev–Trinajstić information content (AvgIpc) is 1.86. The van der Waals surface area contributed by atoms with E-state index in [1.807, 2.05) is 20.8 Å². The Morgan fingerprint density at radius 2 is 2.00 bits per heavy atom. The highest BCUT2D eigenvalue weighted by molar-refractivity contribution is 4.74. The van der Waals surface area contributed by atoms with E-state index in [1.54, 1.807) is 0 Å². The first-order chi connectivity index (χ1) is 4.98. The molecule has 0 spiro atoms. The van der Waals surface area contributed by atoms with Gasteiger partial charge >= 0.3 is 0 Å². The van der Waals surface area contributed by atoms with Gasteiger partial charge in [0, 0.05) is 19.6 Å². The molecule has 68 valence electrons. The van der Waals surface area contributed by atoms with Crippen LogP contribution in [0.15, 0.2) is 0 Å². The molecule has 0 aliphatic heterocycles. The minimum Gasteiger partial charge on any atom is -0.391 e. The Balaban J connectivity index is 3.44. The molecule has 11 heavy (non-hydrogen) atoms. The molecule has 0 heterocycles. The lowest BCUT2D eigenvalue weighted by Crippen LogP contribution is -2.38. The predicted octanol–water partition coefficient (Wildman–Crippen LogP) is -0.0583. The van der Waals surface area contributed by atoms with Crippen molar-refractivity contribution in [3.8, 4) is 0 Å². The van der Waals surface area contributed by atoms with Gasteiger partial charge in [0.15, 0.2) is 0 Å². The molecule has 3 heteroatoms. The highest BCUT2D eigenvalue weighted by Crippen LogP contribution is 2.17. The summed E-state index contributed by atoms with van der Waals surface area (Å²) in [4.78, 5) is 0. The van der Waals surface area contributed by atoms with E-state index in [4.69, 9.17) is 5.73 Å². The summed E-state index contributed by atoms with van der Waals surface area (Å²) in [6.07, 6.45) is -0.297. The molecule has 0 aliphatic rings. The molecule has 0 aliphatic carbocycles. The van der Waals surface area contributed by atoms with E-state index in [2.05, 4.69) is 5.32 Å². The highest BCUT2D eigenvalue weighted by Gasteiger charge is 2.20. The van der Waals surface area contributed by atoms with Crippen LogP contribution in [0.4, 0.5) is 0 Å². The lowest BCUT2D eigenvalue weighted by Gasteiger charge is -2.25. The smallest absolute Gasteiger partial charge is 0.0712 e. The van der Waals surface area contributed by atoms with Crippen molar-refractivity contribution in [1.29, 1.82) is 0 Å². The van der Waals surface area contributed by atoms with E-state index < -0.39 is 0 Å². The van der Waals surface area contributed by atoms with Crippen LogP contribution in [0.2, 0.25) is 0 Å². The Bertz CT molecular complexity index is 98.8. The molecule has 0 radical (unpaired) electrons. The van der Waals surface area contributed by atoms with Gasteiger partial charge in [-0.15, -0.1) is 0 Å². The highest BCUT2D eigenvalue weighted by atomic mass is 16.3. The van der Waals surface area contributed by atoms with E-state index in [1.165, 1.54) is 0 Å². The monoisotopic (exact) mass is 160 g/mol. The van der Waals surface area contributed by atoms with Crippen LogP contribution in [0, 0.1) is 5.41 Å². The van der Waals surface area contributed by atoms with Crippen molar-refractivity contribution in [2.45, 2.75) is 26.9 Å². The Morgan fingerprint density at radius 1 is 1.45 bits per heavy atom. The second-order valence-electron chi connectivity index (χ2n) is 3.87. The number of rotatable bonds is 4. The summed E-state index contributed by atoms with van der Waals surface area (Å²) in [5.41, 5.74) is 5.24. The summed E-state index contributed by atoms with van der Waals surface area (Å²) in [6.45, 7) is 8.07. The SMILES string of the molecule is CC(C)(C)C(O)CNCCN. The van der Waals surface area contributed by atoms with Gasteiger partial charge in [-0.05, 0) is 5.41 Å². The van der Waals surface area contributed by atoms with Crippen LogP contribution in [0.3, 0.4) is 0 Å². The van der Waals surface area contributed by atoms with Crippen LogP contribution in [0.1, 0.15) is 20.8 Å². The molecule has 0 fully saturated rings. The fourth-order valence-corrected chi connectivity index (χ4v) is 0.647. The van der Waals surface area contributed by atoms with E-state index in [0.29, 0.717) is 13.1 Å². The minimum absolute atomic E-state index is 0.0401. The number of aliphatic hydroxyl groups excluding tert-OH is 1. The zero-order valence-corrected chi connectivity index (χ0v) is 7.72. The Labute approximate surface area is 69.0 Å². The van der Waals surface area contributed by atoms with E-state index in [9.17, 15) is 5.11 Å². The molecule has 1 atom stereocenters. The summed E-state index contributed by atoms with van der Waals surface area (Å²) in [7, 11) is 0. The average molecular weight is 160 g/mol. The predicted molar refractivity (Wildman–Crippen MR) is 47.4 cm³/mol. The lowest BCUT2D eigenvalue weighted by molar-refractivity contribution is 0.0634. The summed E-state index contributed by atoms with van der Waals surface area (Å²) < 4.78 is 0. The lowest BCUT2D eigenvalue weighted by atomic mass is 9.89. The topological polar surface area (TPSA) is 58.3 Å². The second-order valence-corrected chi connectivity index (χ2v) is 3.87. The van der Waals surface area contributed by atoms with Gasteiger partial charge in [-0.3, -0.25) is 0 Å². The van der Waals surface area contributed by atoms with Crippen LogP contribution in [0.25, 0.3) is 0 Å². The molecular formula is C8H20N2O. The Morgan fingerprint density at radius 3 is 2.36 bits per heavy atom. The van der Waals surface area contributed by atoms with Crippen molar-refractivity contribution < 1.29 is 5.11 Å². The number of nitrogens with two attached hydrogens (primary N) is 1. The molecule has 0 aromatic carbocycles. The van der Waals surface area contributed by atoms with Gasteiger partial charge in [-0.25, -0.2) is 0 Å². The number of aliphatic hydroxyl groups is 1.